The fourth-order valence-electron chi connectivity index (χ4n) is 3.00. The summed E-state index contributed by atoms with van der Waals surface area (Å²) in [6.45, 7) is 6.62. The largest absolute Gasteiger partial charge is 0.507 e. The average Bonchev–Trinajstić information content (AvgIpc) is 3.19. The minimum absolute atomic E-state index is 0.224. The quantitative estimate of drug-likeness (QED) is 0.216. The Hall–Kier alpha value is -3.17. The highest BCUT2D eigenvalue weighted by Gasteiger charge is 2.22. The van der Waals surface area contributed by atoms with Crippen LogP contribution in [0.25, 0.3) is 6.08 Å². The van der Waals surface area contributed by atoms with Crippen molar-refractivity contribution in [3.8, 4) is 5.75 Å². The Morgan fingerprint density at radius 3 is 2.76 bits per heavy atom. The number of carbonyl (C=O) groups is 2. The summed E-state index contributed by atoms with van der Waals surface area (Å²) in [5, 5.41) is 21.0. The van der Waals surface area contributed by atoms with Gasteiger partial charge in [-0.15, -0.1) is 11.3 Å². The summed E-state index contributed by atoms with van der Waals surface area (Å²) < 4.78 is 10.8. The number of rotatable bonds is 12. The van der Waals surface area contributed by atoms with Crippen LogP contribution in [0.1, 0.15) is 71.8 Å². The van der Waals surface area contributed by atoms with Gasteiger partial charge in [-0.25, -0.2) is 9.59 Å². The summed E-state index contributed by atoms with van der Waals surface area (Å²) in [6, 6.07) is 5.10. The topological polar surface area (TPSA) is 126 Å². The van der Waals surface area contributed by atoms with E-state index in [-0.39, 0.29) is 11.7 Å². The molecule has 2 heterocycles. The molecule has 0 aromatic carbocycles. The second-order valence-corrected chi connectivity index (χ2v) is 8.74. The van der Waals surface area contributed by atoms with Crippen molar-refractivity contribution >= 4 is 29.3 Å². The van der Waals surface area contributed by atoms with E-state index in [1.165, 1.54) is 23.6 Å². The SMILES string of the molecule is CCCOCc1ccc(/C=C(\C)C(=O)c2c(O)cc(C(C)CC/C=C/NC(=O)O)oc2=O)s1. The van der Waals surface area contributed by atoms with Gasteiger partial charge in [0.2, 0.25) is 0 Å². The van der Waals surface area contributed by atoms with E-state index in [9.17, 15) is 19.5 Å². The molecule has 1 unspecified atom stereocenters. The fourth-order valence-corrected chi connectivity index (χ4v) is 3.95. The number of nitrogens with one attached hydrogen (secondary N) is 1. The van der Waals surface area contributed by atoms with E-state index in [1.807, 2.05) is 19.1 Å². The lowest BCUT2D eigenvalue weighted by molar-refractivity contribution is 0.102. The molecule has 0 spiro atoms. The highest BCUT2D eigenvalue weighted by Crippen LogP contribution is 2.27. The van der Waals surface area contributed by atoms with Crippen LogP contribution in [0.3, 0.4) is 0 Å². The normalized spacial score (nSPS) is 12.8. The van der Waals surface area contributed by atoms with E-state index < -0.39 is 28.8 Å². The molecule has 1 atom stereocenters. The molecule has 0 saturated heterocycles. The van der Waals surface area contributed by atoms with Gasteiger partial charge < -0.3 is 19.4 Å². The highest BCUT2D eigenvalue weighted by molar-refractivity contribution is 7.12. The van der Waals surface area contributed by atoms with Crippen LogP contribution in [0.2, 0.25) is 0 Å². The van der Waals surface area contributed by atoms with Crippen LogP contribution in [0, 0.1) is 0 Å². The molecule has 9 heteroatoms. The number of carboxylic acid groups (broad SMARTS) is 1. The maximum atomic E-state index is 12.8. The number of aromatic hydroxyl groups is 1. The van der Waals surface area contributed by atoms with E-state index in [2.05, 4.69) is 5.32 Å². The van der Waals surface area contributed by atoms with Gasteiger partial charge in [-0.2, -0.15) is 0 Å². The van der Waals surface area contributed by atoms with Crippen molar-refractivity contribution in [1.82, 2.24) is 5.32 Å². The zero-order valence-corrected chi connectivity index (χ0v) is 19.7. The van der Waals surface area contributed by atoms with Crippen LogP contribution in [0.4, 0.5) is 4.79 Å². The van der Waals surface area contributed by atoms with Crippen LogP contribution in [0.15, 0.2) is 45.3 Å². The molecule has 0 aliphatic carbocycles. The number of amides is 1. The van der Waals surface area contributed by atoms with E-state index in [0.29, 0.717) is 31.6 Å². The second kappa shape index (κ2) is 12.8. The van der Waals surface area contributed by atoms with Crippen LogP contribution in [-0.2, 0) is 11.3 Å². The van der Waals surface area contributed by atoms with Crippen molar-refractivity contribution in [3.05, 3.63) is 67.5 Å². The molecule has 0 aliphatic rings. The van der Waals surface area contributed by atoms with Crippen molar-refractivity contribution < 1.29 is 29.0 Å². The summed E-state index contributed by atoms with van der Waals surface area (Å²) in [5.74, 6) is -0.988. The molecule has 0 aliphatic heterocycles. The first-order valence-electron chi connectivity index (χ1n) is 10.6. The van der Waals surface area contributed by atoms with Gasteiger partial charge in [-0.3, -0.25) is 10.1 Å². The molecule has 3 N–H and O–H groups in total. The number of Topliss-reactive ketones (excluding diaryl/α,β-unsaturated/α-hetero) is 1. The minimum Gasteiger partial charge on any atom is -0.507 e. The summed E-state index contributed by atoms with van der Waals surface area (Å²) >= 11 is 1.49. The lowest BCUT2D eigenvalue weighted by Crippen LogP contribution is -2.16. The van der Waals surface area contributed by atoms with E-state index >= 15 is 0 Å². The number of thiophene rings is 1. The summed E-state index contributed by atoms with van der Waals surface area (Å²) in [7, 11) is 0. The first-order chi connectivity index (χ1) is 15.7. The van der Waals surface area contributed by atoms with Crippen LogP contribution in [0.5, 0.6) is 5.75 Å². The minimum atomic E-state index is -1.15. The Bertz CT molecular complexity index is 1080. The van der Waals surface area contributed by atoms with E-state index in [0.717, 1.165) is 16.2 Å². The van der Waals surface area contributed by atoms with Gasteiger partial charge in [0, 0.05) is 34.5 Å². The maximum absolute atomic E-state index is 12.8. The van der Waals surface area contributed by atoms with Crippen LogP contribution < -0.4 is 10.9 Å². The molecular formula is C24H29NO7S. The molecule has 2 rings (SSSR count). The maximum Gasteiger partial charge on any atom is 0.408 e. The lowest BCUT2D eigenvalue weighted by Gasteiger charge is -2.11. The number of allylic oxidation sites excluding steroid dienone is 2. The van der Waals surface area contributed by atoms with E-state index in [4.69, 9.17) is 14.3 Å². The Morgan fingerprint density at radius 2 is 2.09 bits per heavy atom. The van der Waals surface area contributed by atoms with Gasteiger partial charge in [-0.1, -0.05) is 19.9 Å². The Morgan fingerprint density at radius 1 is 1.33 bits per heavy atom. The van der Waals surface area contributed by atoms with Gasteiger partial charge in [0.25, 0.3) is 0 Å². The summed E-state index contributed by atoms with van der Waals surface area (Å²) in [5.41, 5.74) is -0.983. The van der Waals surface area contributed by atoms with E-state index in [1.54, 1.807) is 26.0 Å². The summed E-state index contributed by atoms with van der Waals surface area (Å²) in [4.78, 5) is 37.6. The smallest absolute Gasteiger partial charge is 0.408 e. The molecule has 2 aromatic heterocycles. The van der Waals surface area contributed by atoms with Gasteiger partial charge in [0.05, 0.1) is 6.61 Å². The Labute approximate surface area is 196 Å². The molecule has 0 saturated carbocycles. The standard InChI is InChI=1S/C24H29NO7S/c1-4-11-31-14-18-9-8-17(33-18)12-16(3)22(27)21-19(26)13-20(32-23(21)28)15(2)7-5-6-10-25-24(29)30/h6,8-10,12-13,15,25-26H,4-5,7,11,14H2,1-3H3,(H,29,30)/b10-6+,16-12+. The van der Waals surface area contributed by atoms with Crippen molar-refractivity contribution in [2.45, 2.75) is 52.6 Å². The number of hydrogen-bond donors (Lipinski definition) is 3. The first kappa shape index (κ1) is 26.1. The molecule has 33 heavy (non-hydrogen) atoms. The molecule has 8 nitrogen and oxygen atoms in total. The summed E-state index contributed by atoms with van der Waals surface area (Å²) in [6.07, 6.45) is 5.49. The monoisotopic (exact) mass is 475 g/mol. The number of hydrogen-bond acceptors (Lipinski definition) is 7. The molecular weight excluding hydrogens is 446 g/mol. The molecule has 178 valence electrons. The average molecular weight is 476 g/mol. The predicted molar refractivity (Wildman–Crippen MR) is 127 cm³/mol. The van der Waals surface area contributed by atoms with Crippen LogP contribution >= 0.6 is 11.3 Å². The first-order valence-corrected chi connectivity index (χ1v) is 11.5. The van der Waals surface area contributed by atoms with Gasteiger partial charge in [-0.05, 0) is 50.0 Å². The van der Waals surface area contributed by atoms with Crippen LogP contribution in [-0.4, -0.2) is 28.7 Å². The molecule has 2 aromatic rings. The fraction of sp³-hybridized carbons (Fsp3) is 0.375. The highest BCUT2D eigenvalue weighted by atomic mass is 32.1. The van der Waals surface area contributed by atoms with Crippen molar-refractivity contribution in [3.63, 3.8) is 0 Å². The Kier molecular flexibility index (Phi) is 10.1. The van der Waals surface area contributed by atoms with Crippen molar-refractivity contribution in [2.24, 2.45) is 0 Å². The number of carbonyl (C=O) groups excluding carboxylic acids is 1. The zero-order chi connectivity index (χ0) is 24.4. The second-order valence-electron chi connectivity index (χ2n) is 7.54. The lowest BCUT2D eigenvalue weighted by atomic mass is 10.00. The van der Waals surface area contributed by atoms with Gasteiger partial charge in [0.15, 0.2) is 5.78 Å². The van der Waals surface area contributed by atoms with Gasteiger partial charge >= 0.3 is 11.7 Å². The molecule has 0 bridgehead atoms. The number of ether oxygens (including phenoxy) is 1. The third-order valence-corrected chi connectivity index (χ3v) is 5.75. The molecule has 1 amide bonds. The third kappa shape index (κ3) is 8.03. The third-order valence-electron chi connectivity index (χ3n) is 4.75. The van der Waals surface area contributed by atoms with Gasteiger partial charge in [0.1, 0.15) is 17.1 Å². The van der Waals surface area contributed by atoms with Crippen molar-refractivity contribution in [2.75, 3.05) is 6.61 Å². The Balaban J connectivity index is 2.09. The molecule has 0 radical (unpaired) electrons. The zero-order valence-electron chi connectivity index (χ0n) is 18.9. The molecule has 0 fully saturated rings. The van der Waals surface area contributed by atoms with Crippen molar-refractivity contribution in [1.29, 1.82) is 0 Å². The number of ketones is 1. The predicted octanol–water partition coefficient (Wildman–Crippen LogP) is 5.28.